The molecule has 0 aliphatic heterocycles. The van der Waals surface area contributed by atoms with Gasteiger partial charge in [0.25, 0.3) is 9.05 Å². The first-order valence-corrected chi connectivity index (χ1v) is 8.13. The van der Waals surface area contributed by atoms with Crippen molar-refractivity contribution in [3.8, 4) is 0 Å². The predicted octanol–water partition coefficient (Wildman–Crippen LogP) is 1.77. The van der Waals surface area contributed by atoms with E-state index < -0.39 is 31.4 Å². The minimum Gasteiger partial charge on any atom is -0.461 e. The molecule has 0 unspecified atom stereocenters. The van der Waals surface area contributed by atoms with Crippen LogP contribution in [0.1, 0.15) is 23.8 Å². The molecule has 0 saturated heterocycles. The molecule has 9 heteroatoms. The number of esters is 1. The van der Waals surface area contributed by atoms with Crippen molar-refractivity contribution in [1.29, 1.82) is 0 Å². The highest BCUT2D eigenvalue weighted by atomic mass is 35.7. The zero-order valence-electron chi connectivity index (χ0n) is 11.1. The van der Waals surface area contributed by atoms with Crippen molar-refractivity contribution in [1.82, 2.24) is 4.57 Å². The molecule has 0 aromatic carbocycles. The molecular formula is C11H15ClFNO5S. The second kappa shape index (κ2) is 7.05. The molecule has 114 valence electrons. The van der Waals surface area contributed by atoms with E-state index in [1.165, 1.54) is 11.7 Å². The molecule has 6 nitrogen and oxygen atoms in total. The van der Waals surface area contributed by atoms with Crippen LogP contribution in [0.2, 0.25) is 0 Å². The Hall–Kier alpha value is -1.12. The Bertz CT molecular complexity index is 584. The van der Waals surface area contributed by atoms with Crippen molar-refractivity contribution >= 4 is 25.7 Å². The highest BCUT2D eigenvalue weighted by Crippen LogP contribution is 2.24. The Labute approximate surface area is 120 Å². The number of carbonyl (C=O) groups excluding carboxylic acids is 1. The van der Waals surface area contributed by atoms with Crippen molar-refractivity contribution in [3.05, 3.63) is 17.7 Å². The van der Waals surface area contributed by atoms with E-state index in [2.05, 4.69) is 0 Å². The van der Waals surface area contributed by atoms with Crippen LogP contribution in [0.4, 0.5) is 4.39 Å². The maximum Gasteiger partial charge on any atom is 0.358 e. The topological polar surface area (TPSA) is 74.6 Å². The number of hydrogen-bond donors (Lipinski definition) is 0. The minimum atomic E-state index is -4.28. The van der Waals surface area contributed by atoms with Crippen LogP contribution in [-0.2, 0) is 25.1 Å². The molecule has 0 aliphatic carbocycles. The molecule has 1 rings (SSSR count). The zero-order chi connectivity index (χ0) is 15.3. The Kier molecular flexibility index (Phi) is 5.97. The summed E-state index contributed by atoms with van der Waals surface area (Å²) in [5, 5.41) is 0. The Morgan fingerprint density at radius 1 is 1.50 bits per heavy atom. The van der Waals surface area contributed by atoms with Crippen molar-refractivity contribution < 1.29 is 27.1 Å². The standard InChI is InChI=1S/C11H15ClFNO5S/c1-3-19-11(15)10-9(13)8(20(12,16)17)7-14(10)5-4-6-18-2/h7H,3-6H2,1-2H3. The molecule has 0 N–H and O–H groups in total. The summed E-state index contributed by atoms with van der Waals surface area (Å²) in [4.78, 5) is 11.0. The summed E-state index contributed by atoms with van der Waals surface area (Å²) in [6.45, 7) is 2.19. The lowest BCUT2D eigenvalue weighted by Gasteiger charge is -2.07. The lowest BCUT2D eigenvalue weighted by atomic mass is 10.4. The number of carbonyl (C=O) groups is 1. The number of aryl methyl sites for hydroxylation is 1. The number of nitrogens with zero attached hydrogens (tertiary/aromatic N) is 1. The summed E-state index contributed by atoms with van der Waals surface area (Å²) in [6, 6.07) is 0. The van der Waals surface area contributed by atoms with Gasteiger partial charge in [-0.2, -0.15) is 0 Å². The maximum absolute atomic E-state index is 14.1. The summed E-state index contributed by atoms with van der Waals surface area (Å²) in [5.74, 6) is -2.13. The summed E-state index contributed by atoms with van der Waals surface area (Å²) in [7, 11) is 2.35. The van der Waals surface area contributed by atoms with Crippen LogP contribution in [0.5, 0.6) is 0 Å². The van der Waals surface area contributed by atoms with Gasteiger partial charge in [-0.05, 0) is 13.3 Å². The molecule has 0 aliphatic rings. The fourth-order valence-electron chi connectivity index (χ4n) is 1.64. The molecular weight excluding hydrogens is 313 g/mol. The summed E-state index contributed by atoms with van der Waals surface area (Å²) >= 11 is 0. The fraction of sp³-hybridized carbons (Fsp3) is 0.545. The molecule has 0 spiro atoms. The van der Waals surface area contributed by atoms with E-state index in [-0.39, 0.29) is 13.2 Å². The van der Waals surface area contributed by atoms with Gasteiger partial charge in [-0.1, -0.05) is 0 Å². The van der Waals surface area contributed by atoms with Gasteiger partial charge in [-0.15, -0.1) is 0 Å². The molecule has 0 fully saturated rings. The summed E-state index contributed by atoms with van der Waals surface area (Å²) < 4.78 is 47.3. The van der Waals surface area contributed by atoms with E-state index in [0.717, 1.165) is 6.20 Å². The summed E-state index contributed by atoms with van der Waals surface area (Å²) in [6.07, 6.45) is 1.46. The predicted molar refractivity (Wildman–Crippen MR) is 69.9 cm³/mol. The second-order valence-electron chi connectivity index (χ2n) is 3.85. The third-order valence-electron chi connectivity index (χ3n) is 2.46. The van der Waals surface area contributed by atoms with E-state index in [1.807, 2.05) is 0 Å². The van der Waals surface area contributed by atoms with E-state index in [9.17, 15) is 17.6 Å². The van der Waals surface area contributed by atoms with Crippen LogP contribution >= 0.6 is 10.7 Å². The fourth-order valence-corrected chi connectivity index (χ4v) is 2.52. The molecule has 0 atom stereocenters. The van der Waals surface area contributed by atoms with Gasteiger partial charge in [0.1, 0.15) is 4.90 Å². The van der Waals surface area contributed by atoms with Crippen LogP contribution in [-0.4, -0.2) is 39.3 Å². The lowest BCUT2D eigenvalue weighted by Crippen LogP contribution is -2.14. The van der Waals surface area contributed by atoms with Crippen molar-refractivity contribution in [2.75, 3.05) is 20.3 Å². The quantitative estimate of drug-likeness (QED) is 0.433. The Morgan fingerprint density at radius 3 is 2.65 bits per heavy atom. The normalized spacial score (nSPS) is 11.6. The maximum atomic E-state index is 14.1. The van der Waals surface area contributed by atoms with Gasteiger partial charge in [0, 0.05) is 37.1 Å². The van der Waals surface area contributed by atoms with Gasteiger partial charge in [0.15, 0.2) is 11.5 Å². The van der Waals surface area contributed by atoms with Crippen LogP contribution in [0, 0.1) is 5.82 Å². The van der Waals surface area contributed by atoms with Crippen LogP contribution in [0.3, 0.4) is 0 Å². The Balaban J connectivity index is 3.22. The molecule has 0 saturated carbocycles. The van der Waals surface area contributed by atoms with Gasteiger partial charge in [0.2, 0.25) is 0 Å². The number of ether oxygens (including phenoxy) is 2. The Morgan fingerprint density at radius 2 is 2.15 bits per heavy atom. The van der Waals surface area contributed by atoms with Gasteiger partial charge in [0.05, 0.1) is 6.61 Å². The van der Waals surface area contributed by atoms with Crippen molar-refractivity contribution in [3.63, 3.8) is 0 Å². The van der Waals surface area contributed by atoms with Crippen LogP contribution < -0.4 is 0 Å². The van der Waals surface area contributed by atoms with Crippen molar-refractivity contribution in [2.24, 2.45) is 0 Å². The van der Waals surface area contributed by atoms with Crippen LogP contribution in [0.15, 0.2) is 11.1 Å². The third-order valence-corrected chi connectivity index (χ3v) is 3.77. The van der Waals surface area contributed by atoms with Gasteiger partial charge < -0.3 is 14.0 Å². The van der Waals surface area contributed by atoms with Gasteiger partial charge in [-0.25, -0.2) is 17.6 Å². The third kappa shape index (κ3) is 3.94. The first kappa shape index (κ1) is 16.9. The molecule has 0 amide bonds. The average molecular weight is 328 g/mol. The van der Waals surface area contributed by atoms with E-state index >= 15 is 0 Å². The summed E-state index contributed by atoms with van der Waals surface area (Å²) in [5.41, 5.74) is -0.456. The van der Waals surface area contributed by atoms with Crippen molar-refractivity contribution in [2.45, 2.75) is 24.8 Å². The highest BCUT2D eigenvalue weighted by molar-refractivity contribution is 8.13. The van der Waals surface area contributed by atoms with Gasteiger partial charge in [-0.3, -0.25) is 0 Å². The first-order valence-electron chi connectivity index (χ1n) is 5.82. The smallest absolute Gasteiger partial charge is 0.358 e. The highest BCUT2D eigenvalue weighted by Gasteiger charge is 2.28. The molecule has 0 bridgehead atoms. The molecule has 0 radical (unpaired) electrons. The average Bonchev–Trinajstić information content (AvgIpc) is 2.67. The van der Waals surface area contributed by atoms with Gasteiger partial charge >= 0.3 is 5.97 Å². The van der Waals surface area contributed by atoms with E-state index in [4.69, 9.17) is 20.2 Å². The van der Waals surface area contributed by atoms with Crippen LogP contribution in [0.25, 0.3) is 0 Å². The number of halogens is 2. The molecule has 1 aromatic rings. The minimum absolute atomic E-state index is 0.0461. The molecule has 1 heterocycles. The molecule has 20 heavy (non-hydrogen) atoms. The number of aromatic nitrogens is 1. The zero-order valence-corrected chi connectivity index (χ0v) is 12.6. The first-order chi connectivity index (χ1) is 9.32. The molecule has 1 aromatic heterocycles. The SMILES string of the molecule is CCOC(=O)c1c(F)c(S(=O)(=O)Cl)cn1CCCOC. The number of methoxy groups -OCH3 is 1. The monoisotopic (exact) mass is 327 g/mol. The van der Waals surface area contributed by atoms with E-state index in [1.54, 1.807) is 6.92 Å². The number of hydrogen-bond acceptors (Lipinski definition) is 5. The second-order valence-corrected chi connectivity index (χ2v) is 6.39. The number of rotatable bonds is 7. The lowest BCUT2D eigenvalue weighted by molar-refractivity contribution is 0.0507. The van der Waals surface area contributed by atoms with E-state index in [0.29, 0.717) is 13.0 Å². The largest absolute Gasteiger partial charge is 0.461 e.